The molecule has 0 N–H and O–H groups in total. The van der Waals surface area contributed by atoms with Gasteiger partial charge in [0.15, 0.2) is 0 Å². The molecule has 2 aromatic heterocycles. The SMILES string of the molecule is CCOC(=O)Cc1csc(-c2cnn(-c3ccccc3)c2)n1. The minimum absolute atomic E-state index is 0.206. The maximum absolute atomic E-state index is 11.5. The van der Waals surface area contributed by atoms with E-state index in [0.717, 1.165) is 22.0 Å². The molecule has 5 nitrogen and oxygen atoms in total. The topological polar surface area (TPSA) is 57.0 Å². The van der Waals surface area contributed by atoms with Crippen molar-refractivity contribution in [3.8, 4) is 16.3 Å². The van der Waals surface area contributed by atoms with Gasteiger partial charge in [0.2, 0.25) is 0 Å². The third-order valence-electron chi connectivity index (χ3n) is 3.03. The Morgan fingerprint density at radius 3 is 2.91 bits per heavy atom. The monoisotopic (exact) mass is 313 g/mol. The molecule has 0 atom stereocenters. The number of aromatic nitrogens is 3. The molecule has 3 rings (SSSR count). The maximum atomic E-state index is 11.5. The van der Waals surface area contributed by atoms with Gasteiger partial charge >= 0.3 is 5.97 Å². The van der Waals surface area contributed by atoms with Crippen LogP contribution < -0.4 is 0 Å². The number of nitrogens with zero attached hydrogens (tertiary/aromatic N) is 3. The van der Waals surface area contributed by atoms with Crippen molar-refractivity contribution in [3.63, 3.8) is 0 Å². The lowest BCUT2D eigenvalue weighted by atomic mass is 10.3. The van der Waals surface area contributed by atoms with Crippen molar-refractivity contribution in [2.24, 2.45) is 0 Å². The van der Waals surface area contributed by atoms with Gasteiger partial charge in [0.1, 0.15) is 5.01 Å². The largest absolute Gasteiger partial charge is 0.466 e. The highest BCUT2D eigenvalue weighted by atomic mass is 32.1. The number of rotatable bonds is 5. The van der Waals surface area contributed by atoms with Crippen LogP contribution in [-0.2, 0) is 16.0 Å². The second-order valence-corrected chi connectivity index (χ2v) is 5.49. The second kappa shape index (κ2) is 6.53. The number of para-hydroxylation sites is 1. The smallest absolute Gasteiger partial charge is 0.311 e. The molecule has 0 spiro atoms. The molecule has 1 aromatic carbocycles. The van der Waals surface area contributed by atoms with Crippen LogP contribution in [0.4, 0.5) is 0 Å². The number of hydrogen-bond acceptors (Lipinski definition) is 5. The van der Waals surface area contributed by atoms with Crippen molar-refractivity contribution >= 4 is 17.3 Å². The predicted molar refractivity (Wildman–Crippen MR) is 85.0 cm³/mol. The van der Waals surface area contributed by atoms with Gasteiger partial charge in [-0.25, -0.2) is 9.67 Å². The van der Waals surface area contributed by atoms with Crippen LogP contribution in [0.2, 0.25) is 0 Å². The Morgan fingerprint density at radius 1 is 1.32 bits per heavy atom. The van der Waals surface area contributed by atoms with E-state index in [1.165, 1.54) is 11.3 Å². The van der Waals surface area contributed by atoms with Crippen molar-refractivity contribution < 1.29 is 9.53 Å². The number of esters is 1. The first-order valence-electron chi connectivity index (χ1n) is 6.96. The van der Waals surface area contributed by atoms with E-state index in [0.29, 0.717) is 6.61 Å². The lowest BCUT2D eigenvalue weighted by molar-refractivity contribution is -0.142. The lowest BCUT2D eigenvalue weighted by Crippen LogP contribution is -2.07. The fourth-order valence-corrected chi connectivity index (χ4v) is 2.83. The Labute approximate surface area is 132 Å². The Morgan fingerprint density at radius 2 is 2.14 bits per heavy atom. The van der Waals surface area contributed by atoms with E-state index in [-0.39, 0.29) is 12.4 Å². The van der Waals surface area contributed by atoms with Crippen LogP contribution in [0.3, 0.4) is 0 Å². The number of ether oxygens (including phenoxy) is 1. The van der Waals surface area contributed by atoms with Crippen LogP contribution >= 0.6 is 11.3 Å². The molecule has 0 saturated carbocycles. The number of benzene rings is 1. The van der Waals surface area contributed by atoms with Crippen LogP contribution in [0.25, 0.3) is 16.3 Å². The first-order chi connectivity index (χ1) is 10.8. The number of carbonyl (C=O) groups is 1. The zero-order valence-electron chi connectivity index (χ0n) is 12.1. The molecule has 6 heteroatoms. The minimum Gasteiger partial charge on any atom is -0.466 e. The van der Waals surface area contributed by atoms with E-state index in [2.05, 4.69) is 10.1 Å². The summed E-state index contributed by atoms with van der Waals surface area (Å²) in [4.78, 5) is 15.9. The van der Waals surface area contributed by atoms with Gasteiger partial charge in [-0.1, -0.05) is 18.2 Å². The third-order valence-corrected chi connectivity index (χ3v) is 3.97. The summed E-state index contributed by atoms with van der Waals surface area (Å²) < 4.78 is 6.74. The molecule has 0 fully saturated rings. The van der Waals surface area contributed by atoms with E-state index in [4.69, 9.17) is 4.74 Å². The zero-order chi connectivity index (χ0) is 15.4. The van der Waals surface area contributed by atoms with Gasteiger partial charge < -0.3 is 4.74 Å². The quantitative estimate of drug-likeness (QED) is 0.679. The van der Waals surface area contributed by atoms with Crippen molar-refractivity contribution in [2.45, 2.75) is 13.3 Å². The van der Waals surface area contributed by atoms with Gasteiger partial charge in [-0.2, -0.15) is 5.10 Å². The molecular weight excluding hydrogens is 298 g/mol. The van der Waals surface area contributed by atoms with Crippen LogP contribution in [0.1, 0.15) is 12.6 Å². The number of hydrogen-bond donors (Lipinski definition) is 0. The average molecular weight is 313 g/mol. The molecule has 22 heavy (non-hydrogen) atoms. The van der Waals surface area contributed by atoms with Gasteiger partial charge in [0.05, 0.1) is 30.6 Å². The van der Waals surface area contributed by atoms with E-state index < -0.39 is 0 Å². The fraction of sp³-hybridized carbons (Fsp3) is 0.188. The van der Waals surface area contributed by atoms with E-state index in [1.54, 1.807) is 13.1 Å². The number of carbonyl (C=O) groups excluding carboxylic acids is 1. The summed E-state index contributed by atoms with van der Waals surface area (Å²) in [6, 6.07) is 9.89. The van der Waals surface area contributed by atoms with Crippen molar-refractivity contribution in [1.82, 2.24) is 14.8 Å². The lowest BCUT2D eigenvalue weighted by Gasteiger charge is -1.98. The van der Waals surface area contributed by atoms with Crippen LogP contribution in [0, 0.1) is 0 Å². The highest BCUT2D eigenvalue weighted by Gasteiger charge is 2.11. The summed E-state index contributed by atoms with van der Waals surface area (Å²) >= 11 is 1.50. The standard InChI is InChI=1S/C16H15N3O2S/c1-2-21-15(20)8-13-11-22-16(18-13)12-9-17-19(10-12)14-6-4-3-5-7-14/h3-7,9-11H,2,8H2,1H3. The van der Waals surface area contributed by atoms with E-state index in [1.807, 2.05) is 46.6 Å². The van der Waals surface area contributed by atoms with Gasteiger partial charge in [-0.3, -0.25) is 4.79 Å². The summed E-state index contributed by atoms with van der Waals surface area (Å²) in [5.74, 6) is -0.251. The van der Waals surface area contributed by atoms with Gasteiger partial charge in [-0.15, -0.1) is 11.3 Å². The summed E-state index contributed by atoms with van der Waals surface area (Å²) in [5.41, 5.74) is 2.66. The zero-order valence-corrected chi connectivity index (χ0v) is 12.9. The first kappa shape index (κ1) is 14.5. The normalized spacial score (nSPS) is 10.6. The molecule has 0 amide bonds. The fourth-order valence-electron chi connectivity index (χ4n) is 2.04. The summed E-state index contributed by atoms with van der Waals surface area (Å²) in [6.07, 6.45) is 3.92. The van der Waals surface area contributed by atoms with Gasteiger partial charge in [-0.05, 0) is 19.1 Å². The summed E-state index contributed by atoms with van der Waals surface area (Å²) in [5, 5.41) is 7.08. The molecule has 3 aromatic rings. The molecule has 0 unspecified atom stereocenters. The highest BCUT2D eigenvalue weighted by molar-refractivity contribution is 7.13. The number of thiazole rings is 1. The Kier molecular flexibility index (Phi) is 4.29. The van der Waals surface area contributed by atoms with E-state index in [9.17, 15) is 4.79 Å². The van der Waals surface area contributed by atoms with Gasteiger partial charge in [0, 0.05) is 17.1 Å². The second-order valence-electron chi connectivity index (χ2n) is 4.63. The van der Waals surface area contributed by atoms with Gasteiger partial charge in [0.25, 0.3) is 0 Å². The van der Waals surface area contributed by atoms with Crippen molar-refractivity contribution in [3.05, 3.63) is 53.8 Å². The Bertz CT molecular complexity index is 765. The Balaban J connectivity index is 1.77. The molecule has 112 valence electrons. The molecule has 0 aliphatic rings. The molecule has 0 saturated heterocycles. The predicted octanol–water partition coefficient (Wildman–Crippen LogP) is 3.10. The summed E-state index contributed by atoms with van der Waals surface area (Å²) in [7, 11) is 0. The summed E-state index contributed by atoms with van der Waals surface area (Å²) in [6.45, 7) is 2.18. The van der Waals surface area contributed by atoms with E-state index >= 15 is 0 Å². The van der Waals surface area contributed by atoms with Crippen LogP contribution in [-0.4, -0.2) is 27.3 Å². The first-order valence-corrected chi connectivity index (χ1v) is 7.84. The minimum atomic E-state index is -0.251. The molecular formula is C16H15N3O2S. The molecule has 0 radical (unpaired) electrons. The highest BCUT2D eigenvalue weighted by Crippen LogP contribution is 2.24. The maximum Gasteiger partial charge on any atom is 0.311 e. The molecule has 0 aliphatic carbocycles. The average Bonchev–Trinajstić information content (AvgIpc) is 3.17. The molecule has 0 aliphatic heterocycles. The molecule has 2 heterocycles. The third kappa shape index (κ3) is 3.23. The van der Waals surface area contributed by atoms with Crippen LogP contribution in [0.15, 0.2) is 48.1 Å². The Hall–Kier alpha value is -2.47. The van der Waals surface area contributed by atoms with Crippen molar-refractivity contribution in [1.29, 1.82) is 0 Å². The van der Waals surface area contributed by atoms with Crippen LogP contribution in [0.5, 0.6) is 0 Å². The van der Waals surface area contributed by atoms with Crippen molar-refractivity contribution in [2.75, 3.05) is 6.61 Å². The molecule has 0 bridgehead atoms.